The lowest BCUT2D eigenvalue weighted by molar-refractivity contribution is -0.143. The second kappa shape index (κ2) is 5.02. The highest BCUT2D eigenvalue weighted by Crippen LogP contribution is 2.38. The van der Waals surface area contributed by atoms with Crippen molar-refractivity contribution < 1.29 is 14.7 Å². The Balaban J connectivity index is 1.67. The van der Waals surface area contributed by atoms with Gasteiger partial charge in [-0.25, -0.2) is 9.59 Å². The van der Waals surface area contributed by atoms with E-state index in [1.807, 2.05) is 4.90 Å². The number of aliphatic carboxylic acids is 1. The van der Waals surface area contributed by atoms with Crippen LogP contribution in [0.4, 0.5) is 4.79 Å². The van der Waals surface area contributed by atoms with Gasteiger partial charge in [0.2, 0.25) is 0 Å². The minimum atomic E-state index is -0.854. The van der Waals surface area contributed by atoms with Crippen LogP contribution in [0.25, 0.3) is 0 Å². The quantitative estimate of drug-likeness (QED) is 0.787. The molecule has 3 rings (SSSR count). The standard InChI is InChI=1S/C14H22N2O3/c17-13(18)12-6-1-2-7-16(12)14(19)15-8-10-4-3-5-11(10)9-15/h10-12H,1-9H2,(H,17,18). The molecule has 0 bridgehead atoms. The molecule has 106 valence electrons. The number of amides is 2. The first-order valence-electron chi connectivity index (χ1n) is 7.45. The molecule has 3 aliphatic rings. The summed E-state index contributed by atoms with van der Waals surface area (Å²) in [5.74, 6) is 0.474. The molecule has 3 unspecified atom stereocenters. The second-order valence-electron chi connectivity index (χ2n) is 6.18. The number of hydrogen-bond acceptors (Lipinski definition) is 2. The zero-order valence-electron chi connectivity index (χ0n) is 11.3. The number of piperidine rings is 1. The fourth-order valence-corrected chi connectivity index (χ4v) is 3.99. The molecule has 0 aromatic rings. The molecular weight excluding hydrogens is 244 g/mol. The topological polar surface area (TPSA) is 60.9 Å². The van der Waals surface area contributed by atoms with Crippen LogP contribution in [0, 0.1) is 11.8 Å². The largest absolute Gasteiger partial charge is 0.480 e. The molecule has 1 saturated carbocycles. The van der Waals surface area contributed by atoms with Gasteiger partial charge in [0.1, 0.15) is 6.04 Å². The maximum atomic E-state index is 12.5. The lowest BCUT2D eigenvalue weighted by atomic mass is 10.0. The van der Waals surface area contributed by atoms with Gasteiger partial charge in [-0.3, -0.25) is 0 Å². The number of hydrogen-bond donors (Lipinski definition) is 1. The molecule has 0 aromatic heterocycles. The van der Waals surface area contributed by atoms with E-state index in [4.69, 9.17) is 0 Å². The summed E-state index contributed by atoms with van der Waals surface area (Å²) in [4.78, 5) is 27.3. The lowest BCUT2D eigenvalue weighted by Crippen LogP contribution is -2.52. The van der Waals surface area contributed by atoms with Gasteiger partial charge < -0.3 is 14.9 Å². The number of carbonyl (C=O) groups is 2. The van der Waals surface area contributed by atoms with Crippen LogP contribution in [0.5, 0.6) is 0 Å². The first-order valence-corrected chi connectivity index (χ1v) is 7.45. The molecule has 2 amide bonds. The summed E-state index contributed by atoms with van der Waals surface area (Å²) in [6.45, 7) is 2.28. The maximum Gasteiger partial charge on any atom is 0.326 e. The van der Waals surface area contributed by atoms with Crippen LogP contribution < -0.4 is 0 Å². The summed E-state index contributed by atoms with van der Waals surface area (Å²) in [6.07, 6.45) is 6.19. The molecular formula is C14H22N2O3. The van der Waals surface area contributed by atoms with Crippen LogP contribution in [-0.2, 0) is 4.79 Å². The molecule has 3 fully saturated rings. The predicted molar refractivity (Wildman–Crippen MR) is 69.8 cm³/mol. The molecule has 1 aliphatic carbocycles. The molecule has 0 radical (unpaired) electrons. The number of rotatable bonds is 1. The highest BCUT2D eigenvalue weighted by atomic mass is 16.4. The highest BCUT2D eigenvalue weighted by molar-refractivity contribution is 5.83. The van der Waals surface area contributed by atoms with E-state index in [0.29, 0.717) is 24.8 Å². The van der Waals surface area contributed by atoms with E-state index in [9.17, 15) is 14.7 Å². The first-order chi connectivity index (χ1) is 9.16. The Morgan fingerprint density at radius 2 is 1.63 bits per heavy atom. The summed E-state index contributed by atoms with van der Waals surface area (Å²) in [7, 11) is 0. The molecule has 0 aromatic carbocycles. The van der Waals surface area contributed by atoms with Gasteiger partial charge in [0.05, 0.1) is 0 Å². The number of carbonyl (C=O) groups excluding carboxylic acids is 1. The molecule has 5 heteroatoms. The minimum absolute atomic E-state index is 0.0403. The van der Waals surface area contributed by atoms with E-state index in [1.165, 1.54) is 19.3 Å². The van der Waals surface area contributed by atoms with Crippen molar-refractivity contribution in [2.45, 2.75) is 44.6 Å². The van der Waals surface area contributed by atoms with Gasteiger partial charge in [0.25, 0.3) is 0 Å². The lowest BCUT2D eigenvalue weighted by Gasteiger charge is -2.36. The van der Waals surface area contributed by atoms with Crippen LogP contribution in [0.3, 0.4) is 0 Å². The van der Waals surface area contributed by atoms with Crippen molar-refractivity contribution >= 4 is 12.0 Å². The van der Waals surface area contributed by atoms with Gasteiger partial charge >= 0.3 is 12.0 Å². The van der Waals surface area contributed by atoms with Crippen LogP contribution in [0.15, 0.2) is 0 Å². The highest BCUT2D eigenvalue weighted by Gasteiger charge is 2.41. The zero-order valence-corrected chi connectivity index (χ0v) is 11.3. The minimum Gasteiger partial charge on any atom is -0.480 e. The van der Waals surface area contributed by atoms with Gasteiger partial charge in [0, 0.05) is 19.6 Å². The van der Waals surface area contributed by atoms with Crippen LogP contribution in [-0.4, -0.2) is 52.6 Å². The Bertz CT molecular complexity index is 373. The van der Waals surface area contributed by atoms with Gasteiger partial charge in [-0.15, -0.1) is 0 Å². The van der Waals surface area contributed by atoms with Crippen LogP contribution in [0.1, 0.15) is 38.5 Å². The van der Waals surface area contributed by atoms with Crippen molar-refractivity contribution in [3.63, 3.8) is 0 Å². The number of carboxylic acids is 1. The predicted octanol–water partition coefficient (Wildman–Crippen LogP) is 1.78. The fourth-order valence-electron chi connectivity index (χ4n) is 3.99. The summed E-state index contributed by atoms with van der Waals surface area (Å²) in [6, 6.07) is -0.650. The average Bonchev–Trinajstić information content (AvgIpc) is 2.98. The van der Waals surface area contributed by atoms with Crippen molar-refractivity contribution in [3.05, 3.63) is 0 Å². The molecule has 5 nitrogen and oxygen atoms in total. The number of nitrogens with zero attached hydrogens (tertiary/aromatic N) is 2. The van der Waals surface area contributed by atoms with Crippen molar-refractivity contribution in [2.75, 3.05) is 19.6 Å². The van der Waals surface area contributed by atoms with Crippen molar-refractivity contribution in [1.82, 2.24) is 9.80 Å². The number of likely N-dealkylation sites (tertiary alicyclic amines) is 2. The molecule has 3 atom stereocenters. The molecule has 1 N–H and O–H groups in total. The first kappa shape index (κ1) is 12.8. The van der Waals surface area contributed by atoms with Crippen LogP contribution >= 0.6 is 0 Å². The molecule has 2 aliphatic heterocycles. The van der Waals surface area contributed by atoms with E-state index in [2.05, 4.69) is 0 Å². The summed E-state index contributed by atoms with van der Waals surface area (Å²) >= 11 is 0. The number of urea groups is 1. The third-order valence-corrected chi connectivity index (χ3v) is 5.03. The Labute approximate surface area is 113 Å². The maximum absolute atomic E-state index is 12.5. The Morgan fingerprint density at radius 1 is 0.947 bits per heavy atom. The third-order valence-electron chi connectivity index (χ3n) is 5.03. The van der Waals surface area contributed by atoms with E-state index in [-0.39, 0.29) is 6.03 Å². The Kier molecular flexibility index (Phi) is 3.37. The SMILES string of the molecule is O=C(O)C1CCCCN1C(=O)N1CC2CCCC2C1. The Hall–Kier alpha value is -1.26. The smallest absolute Gasteiger partial charge is 0.326 e. The van der Waals surface area contributed by atoms with E-state index < -0.39 is 12.0 Å². The summed E-state index contributed by atoms with van der Waals surface area (Å²) in [5.41, 5.74) is 0. The summed E-state index contributed by atoms with van der Waals surface area (Å²) < 4.78 is 0. The van der Waals surface area contributed by atoms with Crippen molar-refractivity contribution in [3.8, 4) is 0 Å². The Morgan fingerprint density at radius 3 is 2.26 bits per heavy atom. The monoisotopic (exact) mass is 266 g/mol. The molecule has 2 heterocycles. The number of fused-ring (bicyclic) bond motifs is 1. The second-order valence-corrected chi connectivity index (χ2v) is 6.18. The number of carboxylic acid groups (broad SMARTS) is 1. The van der Waals surface area contributed by atoms with E-state index in [0.717, 1.165) is 25.9 Å². The summed E-state index contributed by atoms with van der Waals surface area (Å²) in [5, 5.41) is 9.25. The fraction of sp³-hybridized carbons (Fsp3) is 0.857. The van der Waals surface area contributed by atoms with Crippen molar-refractivity contribution in [2.24, 2.45) is 11.8 Å². The van der Waals surface area contributed by atoms with E-state index >= 15 is 0 Å². The van der Waals surface area contributed by atoms with Gasteiger partial charge in [-0.2, -0.15) is 0 Å². The van der Waals surface area contributed by atoms with Crippen LogP contribution in [0.2, 0.25) is 0 Å². The zero-order chi connectivity index (χ0) is 13.4. The molecule has 2 saturated heterocycles. The van der Waals surface area contributed by atoms with Gasteiger partial charge in [0.15, 0.2) is 0 Å². The van der Waals surface area contributed by atoms with Gasteiger partial charge in [-0.1, -0.05) is 6.42 Å². The molecule has 19 heavy (non-hydrogen) atoms. The molecule has 0 spiro atoms. The van der Waals surface area contributed by atoms with Crippen molar-refractivity contribution in [1.29, 1.82) is 0 Å². The normalized spacial score (nSPS) is 34.4. The van der Waals surface area contributed by atoms with Gasteiger partial charge in [-0.05, 0) is 43.9 Å². The van der Waals surface area contributed by atoms with E-state index in [1.54, 1.807) is 4.90 Å². The third kappa shape index (κ3) is 2.30. The average molecular weight is 266 g/mol.